The number of benzene rings is 3. The molecule has 0 spiro atoms. The Morgan fingerprint density at radius 1 is 0.784 bits per heavy atom. The molecule has 0 atom stereocenters. The van der Waals surface area contributed by atoms with Crippen LogP contribution in [0.4, 0.5) is 43.4 Å². The van der Waals surface area contributed by atoms with Gasteiger partial charge in [-0.25, -0.2) is 8.42 Å². The Labute approximate surface area is 226 Å². The van der Waals surface area contributed by atoms with Crippen LogP contribution in [0.15, 0.2) is 53.4 Å². The fraction of sp³-hybridized carbons (Fsp3) is 0.0909. The molecule has 15 heteroatoms. The van der Waals surface area contributed by atoms with Gasteiger partial charge in [0, 0.05) is 16.8 Å². The zero-order valence-corrected chi connectivity index (χ0v) is 21.2. The predicted molar refractivity (Wildman–Crippen MR) is 112 cm³/mol. The van der Waals surface area contributed by atoms with E-state index in [1.165, 1.54) is 24.3 Å². The number of halogens is 6. The number of hydrogen-bond donors (Lipinski definition) is 2. The standard InChI is InChI=1S/C22H12F6N2O5S.Na/c23-21(24,25)9-5-10(22(26,27)28)7-11(6-9)30-14-8-15(36(33,34)35)18(29)17-16(14)19(31)12-3-1-2-4-13(12)20(17)32;/h1-8,30H,29H2,(H,33,34,35);/q;+1/p-1. The molecule has 0 amide bonds. The van der Waals surface area contributed by atoms with Crippen molar-refractivity contribution in [2.45, 2.75) is 17.2 Å². The van der Waals surface area contributed by atoms with Crippen molar-refractivity contribution in [1.29, 1.82) is 0 Å². The number of hydrogen-bond acceptors (Lipinski definition) is 7. The molecule has 0 aromatic heterocycles. The van der Waals surface area contributed by atoms with Gasteiger partial charge in [0.25, 0.3) is 0 Å². The van der Waals surface area contributed by atoms with Gasteiger partial charge in [0.2, 0.25) is 0 Å². The summed E-state index contributed by atoms with van der Waals surface area (Å²) in [6.45, 7) is 0. The number of carbonyl (C=O) groups is 2. The van der Waals surface area contributed by atoms with E-state index >= 15 is 0 Å². The van der Waals surface area contributed by atoms with Crippen molar-refractivity contribution >= 4 is 38.7 Å². The normalized spacial score (nSPS) is 13.5. The quantitative estimate of drug-likeness (QED) is 0.172. The van der Waals surface area contributed by atoms with E-state index in [9.17, 15) is 48.9 Å². The summed E-state index contributed by atoms with van der Waals surface area (Å²) in [7, 11) is -5.40. The van der Waals surface area contributed by atoms with E-state index in [0.29, 0.717) is 6.07 Å². The van der Waals surface area contributed by atoms with Crippen LogP contribution in [0, 0.1) is 0 Å². The van der Waals surface area contributed by atoms with Crippen LogP contribution < -0.4 is 40.6 Å². The second-order valence-corrected chi connectivity index (χ2v) is 9.01. The summed E-state index contributed by atoms with van der Waals surface area (Å²) in [5, 5.41) is 2.15. The molecule has 0 unspecified atom stereocenters. The zero-order chi connectivity index (χ0) is 26.8. The average Bonchev–Trinajstić information content (AvgIpc) is 2.76. The number of fused-ring (bicyclic) bond motifs is 2. The molecule has 0 saturated carbocycles. The fourth-order valence-corrected chi connectivity index (χ4v) is 4.42. The van der Waals surface area contributed by atoms with Crippen LogP contribution >= 0.6 is 0 Å². The molecule has 0 aliphatic heterocycles. The van der Waals surface area contributed by atoms with Crippen molar-refractivity contribution < 1.29 is 78.5 Å². The van der Waals surface area contributed by atoms with E-state index in [1.54, 1.807) is 0 Å². The Morgan fingerprint density at radius 3 is 1.68 bits per heavy atom. The molecule has 37 heavy (non-hydrogen) atoms. The molecular weight excluding hydrogens is 541 g/mol. The van der Waals surface area contributed by atoms with Crippen molar-refractivity contribution in [3.05, 3.63) is 81.9 Å². The maximum Gasteiger partial charge on any atom is 1.00 e. The van der Waals surface area contributed by atoms with E-state index in [0.717, 1.165) is 0 Å². The summed E-state index contributed by atoms with van der Waals surface area (Å²) in [5.41, 5.74) is -1.78. The van der Waals surface area contributed by atoms with Crippen molar-refractivity contribution in [1.82, 2.24) is 0 Å². The number of alkyl halides is 6. The fourth-order valence-electron chi connectivity index (χ4n) is 3.78. The number of rotatable bonds is 3. The Kier molecular flexibility index (Phi) is 7.31. The molecule has 3 N–H and O–H groups in total. The second-order valence-electron chi connectivity index (χ2n) is 7.66. The number of ketones is 2. The minimum absolute atomic E-state index is 0. The molecule has 3 aromatic rings. The van der Waals surface area contributed by atoms with Crippen molar-refractivity contribution in [3.8, 4) is 0 Å². The number of nitrogen functional groups attached to an aromatic ring is 1. The topological polar surface area (TPSA) is 129 Å². The summed E-state index contributed by atoms with van der Waals surface area (Å²) in [6, 6.07) is 6.17. The average molecular weight is 552 g/mol. The van der Waals surface area contributed by atoms with Gasteiger partial charge in [-0.15, -0.1) is 0 Å². The van der Waals surface area contributed by atoms with Crippen LogP contribution in [-0.4, -0.2) is 24.5 Å². The first-order chi connectivity index (χ1) is 16.5. The summed E-state index contributed by atoms with van der Waals surface area (Å²) in [6.07, 6.45) is -10.4. The van der Waals surface area contributed by atoms with Gasteiger partial charge in [-0.1, -0.05) is 24.3 Å². The molecule has 1 aliphatic rings. The van der Waals surface area contributed by atoms with Crippen molar-refractivity contribution in [2.75, 3.05) is 11.1 Å². The van der Waals surface area contributed by atoms with Gasteiger partial charge in [0.15, 0.2) is 11.6 Å². The first-order valence-electron chi connectivity index (χ1n) is 9.67. The van der Waals surface area contributed by atoms with Crippen LogP contribution in [0.3, 0.4) is 0 Å². The SMILES string of the molecule is Nc1c(S(=O)(=O)[O-])cc(Nc2cc(C(F)(F)F)cc(C(F)(F)F)c2)c2c1C(=O)c1ccccc1C2=O.[Na+]. The van der Waals surface area contributed by atoms with Crippen molar-refractivity contribution in [3.63, 3.8) is 0 Å². The third-order valence-corrected chi connectivity index (χ3v) is 6.21. The van der Waals surface area contributed by atoms with Gasteiger partial charge in [-0.05, 0) is 24.3 Å². The van der Waals surface area contributed by atoms with Crippen molar-refractivity contribution in [2.24, 2.45) is 0 Å². The predicted octanol–water partition coefficient (Wildman–Crippen LogP) is 1.73. The number of anilines is 3. The first kappa shape index (κ1) is 28.7. The Bertz CT molecular complexity index is 1540. The number of nitrogens with two attached hydrogens (primary N) is 1. The smallest absolute Gasteiger partial charge is 0.744 e. The van der Waals surface area contributed by atoms with Crippen LogP contribution in [-0.2, 0) is 22.5 Å². The van der Waals surface area contributed by atoms with Crippen LogP contribution in [0.5, 0.6) is 0 Å². The Balaban J connectivity index is 0.00000380. The molecule has 3 aromatic carbocycles. The number of carbonyl (C=O) groups excluding carboxylic acids is 2. The van der Waals surface area contributed by atoms with Gasteiger partial charge in [-0.3, -0.25) is 9.59 Å². The van der Waals surface area contributed by atoms with E-state index in [2.05, 4.69) is 5.32 Å². The summed E-state index contributed by atoms with van der Waals surface area (Å²) in [4.78, 5) is 25.1. The largest absolute Gasteiger partial charge is 1.00 e. The molecule has 0 saturated heterocycles. The van der Waals surface area contributed by atoms with E-state index < -0.39 is 78.2 Å². The maximum absolute atomic E-state index is 13.3. The minimum atomic E-state index is -5.40. The zero-order valence-electron chi connectivity index (χ0n) is 18.4. The third kappa shape index (κ3) is 5.25. The van der Waals surface area contributed by atoms with Crippen LogP contribution in [0.2, 0.25) is 0 Å². The van der Waals surface area contributed by atoms with Crippen LogP contribution in [0.25, 0.3) is 0 Å². The van der Waals surface area contributed by atoms with Gasteiger partial charge in [0.05, 0.1) is 38.5 Å². The monoisotopic (exact) mass is 552 g/mol. The van der Waals surface area contributed by atoms with Gasteiger partial charge in [0.1, 0.15) is 10.1 Å². The molecule has 0 fully saturated rings. The summed E-state index contributed by atoms with van der Waals surface area (Å²) >= 11 is 0. The van der Waals surface area contributed by atoms with E-state index in [4.69, 9.17) is 5.73 Å². The summed E-state index contributed by atoms with van der Waals surface area (Å²) in [5.74, 6) is -1.89. The Hall–Kier alpha value is -2.91. The van der Waals surface area contributed by atoms with Gasteiger partial charge in [-0.2, -0.15) is 26.3 Å². The molecule has 0 heterocycles. The second kappa shape index (κ2) is 9.44. The minimum Gasteiger partial charge on any atom is -0.744 e. The first-order valence-corrected chi connectivity index (χ1v) is 11.1. The molecular formula is C22H11F6N2NaO5S. The molecule has 7 nitrogen and oxygen atoms in total. The molecule has 188 valence electrons. The van der Waals surface area contributed by atoms with E-state index in [1.807, 2.05) is 0 Å². The van der Waals surface area contributed by atoms with Gasteiger partial charge >= 0.3 is 41.9 Å². The third-order valence-electron chi connectivity index (χ3n) is 5.34. The molecule has 4 rings (SSSR count). The summed E-state index contributed by atoms with van der Waals surface area (Å²) < 4.78 is 115. The molecule has 1 aliphatic carbocycles. The number of nitrogens with one attached hydrogen (secondary N) is 1. The maximum atomic E-state index is 13.3. The van der Waals surface area contributed by atoms with E-state index in [-0.39, 0.29) is 58.9 Å². The molecule has 0 bridgehead atoms. The Morgan fingerprint density at radius 2 is 1.24 bits per heavy atom. The van der Waals surface area contributed by atoms with Crippen LogP contribution in [0.1, 0.15) is 43.0 Å². The molecule has 0 radical (unpaired) electrons. The van der Waals surface area contributed by atoms with Gasteiger partial charge < -0.3 is 15.6 Å².